The van der Waals surface area contributed by atoms with Crippen LogP contribution in [0.4, 0.5) is 17.1 Å². The van der Waals surface area contributed by atoms with Gasteiger partial charge >= 0.3 is 0 Å². The van der Waals surface area contributed by atoms with Gasteiger partial charge in [0.05, 0.1) is 63.9 Å². The molecule has 12 rings (SSSR count). The van der Waals surface area contributed by atoms with E-state index in [0.717, 1.165) is 59.6 Å². The number of nitrogens with zero attached hydrogens (tertiary/aromatic N) is 2. The Hall–Kier alpha value is -7.48. The molecule has 0 radical (unpaired) electrons. The first-order valence-corrected chi connectivity index (χ1v) is 30.5. The highest BCUT2D eigenvalue weighted by atomic mass is 16.5. The molecule has 2 aliphatic carbocycles. The van der Waals surface area contributed by atoms with E-state index in [-0.39, 0.29) is 0 Å². The number of benzene rings is 9. The highest BCUT2D eigenvalue weighted by Crippen LogP contribution is 2.57. The van der Waals surface area contributed by atoms with E-state index in [1.54, 1.807) is 28.4 Å². The molecular weight excluding hydrogens is 1070 g/mol. The third-order valence-electron chi connectivity index (χ3n) is 18.1. The Morgan fingerprint density at radius 1 is 0.337 bits per heavy atom. The number of methoxy groups -OCH3 is 4. The van der Waals surface area contributed by atoms with Crippen LogP contribution in [0.15, 0.2) is 182 Å². The summed E-state index contributed by atoms with van der Waals surface area (Å²) in [5.74, 6) is 0. The lowest BCUT2D eigenvalue weighted by molar-refractivity contribution is 0.0490. The van der Waals surface area contributed by atoms with E-state index in [1.165, 1.54) is 88.2 Å². The molecule has 9 aromatic carbocycles. The maximum Gasteiger partial charge on any atom is 0.0700 e. The fourth-order valence-corrected chi connectivity index (χ4v) is 13.8. The van der Waals surface area contributed by atoms with Crippen molar-refractivity contribution in [2.45, 2.75) is 50.4 Å². The smallest absolute Gasteiger partial charge is 0.0700 e. The predicted molar refractivity (Wildman–Crippen MR) is 350 cm³/mol. The third-order valence-corrected chi connectivity index (χ3v) is 18.1. The molecule has 0 unspecified atom stereocenters. The van der Waals surface area contributed by atoms with Crippen LogP contribution in [0.2, 0.25) is 0 Å². The quantitative estimate of drug-likeness (QED) is 0.0426. The van der Waals surface area contributed by atoms with E-state index in [9.17, 15) is 0 Å². The molecule has 0 saturated heterocycles. The third kappa shape index (κ3) is 11.5. The molecule has 1 aromatic heterocycles. The molecule has 0 saturated carbocycles. The van der Waals surface area contributed by atoms with Crippen LogP contribution in [0.1, 0.15) is 59.1 Å². The van der Waals surface area contributed by atoms with Crippen LogP contribution in [-0.4, -0.2) is 112 Å². The van der Waals surface area contributed by atoms with Gasteiger partial charge in [-0.2, -0.15) is 0 Å². The van der Waals surface area contributed by atoms with Crippen molar-refractivity contribution in [3.63, 3.8) is 0 Å². The standard InChI is InChI=1S/C76H80N2O8/c1-53-15-26-63-65-28-24-61(51-71(65)75(69(63)47-53,31-35-83-43-39-79-3)32-36-84-44-40-80-4)77(62-25-29-66-64-27-16-54(2)48-70(64)76(72(66)52-62,33-37-85-45-41-81-5)34-38-86-46-42-82-6)59-21-17-56(18-22-59)58-20-30-74-68(50-58)67-13-9-10-14-73(67)78(74)60-23-19-55-11-7-8-12-57(55)49-60/h7-30,47-52H,31-46H2,1-6H3. The Morgan fingerprint density at radius 3 is 1.28 bits per heavy atom. The number of hydrogen-bond donors (Lipinski definition) is 0. The van der Waals surface area contributed by atoms with Crippen molar-refractivity contribution in [3.8, 4) is 39.1 Å². The zero-order valence-corrected chi connectivity index (χ0v) is 50.8. The second-order valence-corrected chi connectivity index (χ2v) is 23.1. The van der Waals surface area contributed by atoms with E-state index in [1.807, 2.05) is 0 Å². The van der Waals surface area contributed by atoms with Crippen LogP contribution in [0.5, 0.6) is 0 Å². The van der Waals surface area contributed by atoms with E-state index in [4.69, 9.17) is 37.9 Å². The van der Waals surface area contributed by atoms with Gasteiger partial charge in [-0.25, -0.2) is 0 Å². The van der Waals surface area contributed by atoms with Gasteiger partial charge in [0.15, 0.2) is 0 Å². The summed E-state index contributed by atoms with van der Waals surface area (Å²) in [7, 11) is 6.89. The number of aryl methyl sites for hydroxylation is 2. The van der Waals surface area contributed by atoms with Gasteiger partial charge in [-0.15, -0.1) is 0 Å². The molecule has 0 N–H and O–H groups in total. The first-order chi connectivity index (χ1) is 42.3. The maximum absolute atomic E-state index is 6.37. The maximum atomic E-state index is 6.37. The van der Waals surface area contributed by atoms with Crippen molar-refractivity contribution in [1.82, 2.24) is 4.57 Å². The predicted octanol–water partition coefficient (Wildman–Crippen LogP) is 16.4. The van der Waals surface area contributed by atoms with Crippen molar-refractivity contribution in [3.05, 3.63) is 215 Å². The summed E-state index contributed by atoms with van der Waals surface area (Å²) in [4.78, 5) is 2.47. The Balaban J connectivity index is 1.00. The van der Waals surface area contributed by atoms with E-state index < -0.39 is 10.8 Å². The van der Waals surface area contributed by atoms with Gasteiger partial charge in [-0.3, -0.25) is 0 Å². The molecule has 86 heavy (non-hydrogen) atoms. The summed E-state index contributed by atoms with van der Waals surface area (Å²) in [6.07, 6.45) is 3.09. The number of aromatic nitrogens is 1. The molecule has 10 heteroatoms. The topological polar surface area (TPSA) is 82.0 Å². The zero-order chi connectivity index (χ0) is 59.0. The van der Waals surface area contributed by atoms with Crippen LogP contribution in [0.25, 0.3) is 71.6 Å². The number of ether oxygens (including phenoxy) is 8. The number of hydrogen-bond acceptors (Lipinski definition) is 9. The summed E-state index contributed by atoms with van der Waals surface area (Å²) in [5.41, 5.74) is 20.8. The van der Waals surface area contributed by atoms with Crippen molar-refractivity contribution in [2.75, 3.05) is 113 Å². The Morgan fingerprint density at radius 2 is 0.767 bits per heavy atom. The Labute approximate surface area is 507 Å². The van der Waals surface area contributed by atoms with Gasteiger partial charge < -0.3 is 47.4 Å². The van der Waals surface area contributed by atoms with Gasteiger partial charge in [0, 0.05) is 99.2 Å². The van der Waals surface area contributed by atoms with E-state index in [0.29, 0.717) is 79.3 Å². The number of anilines is 3. The van der Waals surface area contributed by atoms with Gasteiger partial charge in [0.2, 0.25) is 0 Å². The summed E-state index contributed by atoms with van der Waals surface area (Å²) in [5, 5.41) is 4.89. The van der Waals surface area contributed by atoms with Crippen LogP contribution in [0, 0.1) is 13.8 Å². The van der Waals surface area contributed by atoms with Crippen LogP contribution in [-0.2, 0) is 48.7 Å². The number of fused-ring (bicyclic) bond motifs is 10. The molecule has 10 nitrogen and oxygen atoms in total. The van der Waals surface area contributed by atoms with Gasteiger partial charge in [-0.05, 0) is 173 Å². The molecular formula is C76H80N2O8. The minimum atomic E-state index is -0.406. The molecule has 0 bridgehead atoms. The lowest BCUT2D eigenvalue weighted by atomic mass is 9.72. The molecule has 2 aliphatic rings. The van der Waals surface area contributed by atoms with E-state index >= 15 is 0 Å². The van der Waals surface area contributed by atoms with Gasteiger partial charge in [0.25, 0.3) is 0 Å². The summed E-state index contributed by atoms with van der Waals surface area (Å²) in [6.45, 7) is 10.9. The lowest BCUT2D eigenvalue weighted by Gasteiger charge is -2.35. The summed E-state index contributed by atoms with van der Waals surface area (Å²) < 4.78 is 49.6. The average molecular weight is 1150 g/mol. The number of rotatable bonds is 29. The molecule has 10 aromatic rings. The summed E-state index contributed by atoms with van der Waals surface area (Å²) >= 11 is 0. The monoisotopic (exact) mass is 1150 g/mol. The normalized spacial score (nSPS) is 13.6. The second-order valence-electron chi connectivity index (χ2n) is 23.1. The van der Waals surface area contributed by atoms with E-state index in [2.05, 4.69) is 205 Å². The molecule has 0 amide bonds. The first-order valence-electron chi connectivity index (χ1n) is 30.5. The largest absolute Gasteiger partial charge is 0.382 e. The van der Waals surface area contributed by atoms with Crippen molar-refractivity contribution in [2.24, 2.45) is 0 Å². The van der Waals surface area contributed by atoms with Crippen LogP contribution < -0.4 is 4.90 Å². The molecule has 0 aliphatic heterocycles. The van der Waals surface area contributed by atoms with Gasteiger partial charge in [0.1, 0.15) is 0 Å². The second kappa shape index (κ2) is 26.6. The molecule has 0 fully saturated rings. The fourth-order valence-electron chi connectivity index (χ4n) is 13.8. The molecule has 0 spiro atoms. The molecule has 1 heterocycles. The zero-order valence-electron chi connectivity index (χ0n) is 50.8. The van der Waals surface area contributed by atoms with Crippen LogP contribution in [0.3, 0.4) is 0 Å². The SMILES string of the molecule is COCCOCCC1(CCOCCOC)c2cc(C)ccc2-c2ccc(N(c3ccc(-c4ccc5c(c4)c4ccccc4n5-c4ccc5ccccc5c4)cc3)c3ccc4c(c3)C(CCOCCOC)(CCOCCOC)c3cc(C)ccc3-4)cc21. The molecule has 442 valence electrons. The lowest BCUT2D eigenvalue weighted by Crippen LogP contribution is -2.30. The average Bonchev–Trinajstić information content (AvgIpc) is 1.63. The van der Waals surface area contributed by atoms with Crippen molar-refractivity contribution in [1.29, 1.82) is 0 Å². The molecule has 0 atom stereocenters. The highest BCUT2D eigenvalue weighted by Gasteiger charge is 2.45. The summed E-state index contributed by atoms with van der Waals surface area (Å²) in [6, 6.07) is 68.5. The number of para-hydroxylation sites is 1. The van der Waals surface area contributed by atoms with Crippen LogP contribution >= 0.6 is 0 Å². The Bertz CT molecular complexity index is 3810. The van der Waals surface area contributed by atoms with Gasteiger partial charge in [-0.1, -0.05) is 126 Å². The minimum absolute atomic E-state index is 0.406. The fraction of sp³-hybridized carbons (Fsp3) is 0.316. The first kappa shape index (κ1) is 58.9. The Kier molecular flexibility index (Phi) is 18.2. The van der Waals surface area contributed by atoms with Crippen molar-refractivity contribution >= 4 is 49.6 Å². The van der Waals surface area contributed by atoms with Crippen molar-refractivity contribution < 1.29 is 37.9 Å². The highest BCUT2D eigenvalue weighted by molar-refractivity contribution is 6.10. The minimum Gasteiger partial charge on any atom is -0.382 e.